The lowest BCUT2D eigenvalue weighted by Crippen LogP contribution is -2.44. The van der Waals surface area contributed by atoms with E-state index in [-0.39, 0.29) is 24.3 Å². The Morgan fingerprint density at radius 3 is 2.51 bits per heavy atom. The molecule has 1 unspecified atom stereocenters. The molecule has 2 aromatic rings. The summed E-state index contributed by atoms with van der Waals surface area (Å²) in [6.45, 7) is 0.554. The van der Waals surface area contributed by atoms with E-state index in [4.69, 9.17) is 9.47 Å². The maximum absolute atomic E-state index is 14.6. The number of amides is 2. The van der Waals surface area contributed by atoms with Gasteiger partial charge in [0, 0.05) is 37.1 Å². The van der Waals surface area contributed by atoms with E-state index in [1.807, 2.05) is 24.3 Å². The number of rotatable bonds is 9. The average molecular weight is 482 g/mol. The largest absolute Gasteiger partial charge is 0.496 e. The number of carbonyl (C=O) groups is 2. The molecule has 1 saturated carbocycles. The number of benzene rings is 2. The summed E-state index contributed by atoms with van der Waals surface area (Å²) in [7, 11) is 3.15. The lowest BCUT2D eigenvalue weighted by atomic mass is 9.97. The molecule has 35 heavy (non-hydrogen) atoms. The first-order chi connectivity index (χ1) is 17.0. The first-order valence-electron chi connectivity index (χ1n) is 12.1. The van der Waals surface area contributed by atoms with Crippen LogP contribution in [0.1, 0.15) is 49.3 Å². The van der Waals surface area contributed by atoms with Crippen LogP contribution >= 0.6 is 0 Å². The lowest BCUT2D eigenvalue weighted by molar-refractivity contribution is -0.144. The molecule has 1 aliphatic heterocycles. The number of halogens is 1. The second-order valence-electron chi connectivity index (χ2n) is 8.96. The fourth-order valence-corrected chi connectivity index (χ4v) is 4.92. The van der Waals surface area contributed by atoms with Crippen molar-refractivity contribution in [1.82, 2.24) is 9.91 Å². The van der Waals surface area contributed by atoms with Crippen molar-refractivity contribution in [2.45, 2.75) is 38.1 Å². The third-order valence-corrected chi connectivity index (χ3v) is 6.76. The molecule has 2 aliphatic rings. The van der Waals surface area contributed by atoms with E-state index >= 15 is 0 Å². The highest BCUT2D eigenvalue weighted by atomic mass is 19.1. The van der Waals surface area contributed by atoms with Crippen LogP contribution in [0.15, 0.2) is 53.6 Å². The van der Waals surface area contributed by atoms with Crippen LogP contribution < -0.4 is 4.74 Å². The zero-order valence-electron chi connectivity index (χ0n) is 20.3. The Morgan fingerprint density at radius 1 is 1.09 bits per heavy atom. The highest BCUT2D eigenvalue weighted by molar-refractivity contribution is 6.03. The van der Waals surface area contributed by atoms with Gasteiger partial charge in [0.25, 0.3) is 5.91 Å². The molecule has 186 valence electrons. The van der Waals surface area contributed by atoms with Gasteiger partial charge >= 0.3 is 0 Å². The molecule has 1 heterocycles. The van der Waals surface area contributed by atoms with Crippen molar-refractivity contribution in [3.05, 3.63) is 65.5 Å². The standard InChI is InChI=1S/C27H32FN3O4/c1-34-16-15-30(27(33)19-9-3-4-10-19)18-26(32)31-24(21-12-6-8-14-25(21)35-2)17-23(29-31)20-11-5-7-13-22(20)28/h5-8,11-14,19,24H,3-4,9-10,15-18H2,1-2H3. The van der Waals surface area contributed by atoms with E-state index in [1.54, 1.807) is 37.3 Å². The van der Waals surface area contributed by atoms with Gasteiger partial charge in [0.2, 0.25) is 5.91 Å². The minimum Gasteiger partial charge on any atom is -0.496 e. The van der Waals surface area contributed by atoms with Gasteiger partial charge in [-0.05, 0) is 25.0 Å². The Hall–Kier alpha value is -3.26. The van der Waals surface area contributed by atoms with Gasteiger partial charge in [0.15, 0.2) is 0 Å². The molecule has 2 amide bonds. The van der Waals surface area contributed by atoms with E-state index < -0.39 is 11.9 Å². The zero-order chi connectivity index (χ0) is 24.8. The molecular weight excluding hydrogens is 449 g/mol. The Morgan fingerprint density at radius 2 is 1.80 bits per heavy atom. The predicted molar refractivity (Wildman–Crippen MR) is 131 cm³/mol. The molecule has 4 rings (SSSR count). The van der Waals surface area contributed by atoms with Gasteiger partial charge in [-0.3, -0.25) is 9.59 Å². The van der Waals surface area contributed by atoms with Gasteiger partial charge in [-0.1, -0.05) is 49.2 Å². The van der Waals surface area contributed by atoms with Crippen LogP contribution in [0, 0.1) is 11.7 Å². The molecular formula is C27H32FN3O4. The molecule has 0 radical (unpaired) electrons. The van der Waals surface area contributed by atoms with Crippen molar-refractivity contribution in [3.8, 4) is 5.75 Å². The number of hydrogen-bond donors (Lipinski definition) is 0. The first-order valence-corrected chi connectivity index (χ1v) is 12.1. The molecule has 1 atom stereocenters. The number of para-hydroxylation sites is 1. The molecule has 2 aromatic carbocycles. The minimum absolute atomic E-state index is 0.0146. The van der Waals surface area contributed by atoms with Gasteiger partial charge in [-0.2, -0.15) is 5.10 Å². The molecule has 0 spiro atoms. The van der Waals surface area contributed by atoms with Crippen LogP contribution in [0.3, 0.4) is 0 Å². The molecule has 0 bridgehead atoms. The summed E-state index contributed by atoms with van der Waals surface area (Å²) in [5, 5.41) is 5.97. The summed E-state index contributed by atoms with van der Waals surface area (Å²) in [5.41, 5.74) is 1.63. The second-order valence-corrected chi connectivity index (χ2v) is 8.96. The molecule has 1 aliphatic carbocycles. The molecule has 7 nitrogen and oxygen atoms in total. The van der Waals surface area contributed by atoms with Crippen LogP contribution in [-0.2, 0) is 14.3 Å². The van der Waals surface area contributed by atoms with Crippen LogP contribution in [-0.4, -0.2) is 61.4 Å². The van der Waals surface area contributed by atoms with Gasteiger partial charge < -0.3 is 14.4 Å². The second kappa shape index (κ2) is 11.4. The fraction of sp³-hybridized carbons (Fsp3) is 0.444. The van der Waals surface area contributed by atoms with E-state index in [0.717, 1.165) is 31.2 Å². The quantitative estimate of drug-likeness (QED) is 0.539. The number of hydrogen-bond acceptors (Lipinski definition) is 5. The minimum atomic E-state index is -0.473. The first kappa shape index (κ1) is 24.9. The summed E-state index contributed by atoms with van der Waals surface area (Å²) in [4.78, 5) is 28.4. The number of carbonyl (C=O) groups excluding carboxylic acids is 2. The molecule has 0 saturated heterocycles. The lowest BCUT2D eigenvalue weighted by Gasteiger charge is -2.29. The maximum atomic E-state index is 14.6. The summed E-state index contributed by atoms with van der Waals surface area (Å²) in [5.74, 6) is -0.161. The highest BCUT2D eigenvalue weighted by Gasteiger charge is 2.37. The van der Waals surface area contributed by atoms with Gasteiger partial charge in [-0.15, -0.1) is 0 Å². The van der Waals surface area contributed by atoms with Crippen LogP contribution in [0.2, 0.25) is 0 Å². The van der Waals surface area contributed by atoms with Crippen molar-refractivity contribution in [1.29, 1.82) is 0 Å². The van der Waals surface area contributed by atoms with Crippen LogP contribution in [0.5, 0.6) is 5.75 Å². The molecule has 0 N–H and O–H groups in total. The van der Waals surface area contributed by atoms with Crippen molar-refractivity contribution in [2.75, 3.05) is 33.9 Å². The Kier molecular flexibility index (Phi) is 8.13. The number of hydrazone groups is 1. The van der Waals surface area contributed by atoms with E-state index in [0.29, 0.717) is 36.6 Å². The van der Waals surface area contributed by atoms with E-state index in [1.165, 1.54) is 11.1 Å². The Bertz CT molecular complexity index is 1080. The monoisotopic (exact) mass is 481 g/mol. The number of methoxy groups -OCH3 is 2. The summed E-state index contributed by atoms with van der Waals surface area (Å²) in [6, 6.07) is 13.4. The highest BCUT2D eigenvalue weighted by Crippen LogP contribution is 2.38. The molecule has 8 heteroatoms. The Labute approximate surface area is 205 Å². The Balaban J connectivity index is 1.64. The zero-order valence-corrected chi connectivity index (χ0v) is 20.3. The smallest absolute Gasteiger partial charge is 0.262 e. The fourth-order valence-electron chi connectivity index (χ4n) is 4.92. The van der Waals surface area contributed by atoms with Crippen molar-refractivity contribution < 1.29 is 23.5 Å². The van der Waals surface area contributed by atoms with Crippen molar-refractivity contribution in [2.24, 2.45) is 11.0 Å². The van der Waals surface area contributed by atoms with Crippen LogP contribution in [0.4, 0.5) is 4.39 Å². The SMILES string of the molecule is COCCN(CC(=O)N1N=C(c2ccccc2F)CC1c1ccccc1OC)C(=O)C1CCCC1. The summed E-state index contributed by atoms with van der Waals surface area (Å²) >= 11 is 0. The van der Waals surface area contributed by atoms with Gasteiger partial charge in [-0.25, -0.2) is 9.40 Å². The molecule has 1 fully saturated rings. The van der Waals surface area contributed by atoms with E-state index in [9.17, 15) is 14.0 Å². The third-order valence-electron chi connectivity index (χ3n) is 6.76. The number of ether oxygens (including phenoxy) is 2. The maximum Gasteiger partial charge on any atom is 0.262 e. The normalized spacial score (nSPS) is 18.0. The van der Waals surface area contributed by atoms with Crippen molar-refractivity contribution >= 4 is 17.5 Å². The summed E-state index contributed by atoms with van der Waals surface area (Å²) < 4.78 is 25.3. The van der Waals surface area contributed by atoms with Crippen LogP contribution in [0.25, 0.3) is 0 Å². The summed E-state index contributed by atoms with van der Waals surface area (Å²) in [6.07, 6.45) is 4.09. The topological polar surface area (TPSA) is 71.4 Å². The third kappa shape index (κ3) is 5.53. The molecule has 0 aromatic heterocycles. The van der Waals surface area contributed by atoms with E-state index in [2.05, 4.69) is 5.10 Å². The van der Waals surface area contributed by atoms with Gasteiger partial charge in [0.05, 0.1) is 25.5 Å². The average Bonchev–Trinajstić information content (AvgIpc) is 3.57. The van der Waals surface area contributed by atoms with Crippen molar-refractivity contribution in [3.63, 3.8) is 0 Å². The van der Waals surface area contributed by atoms with Gasteiger partial charge in [0.1, 0.15) is 18.1 Å². The predicted octanol–water partition coefficient (Wildman–Crippen LogP) is 4.18. The number of nitrogens with zero attached hydrogens (tertiary/aromatic N) is 3.